The fourth-order valence-corrected chi connectivity index (χ4v) is 2.69. The van der Waals surface area contributed by atoms with Gasteiger partial charge in [0.25, 0.3) is 0 Å². The molecule has 0 saturated heterocycles. The Morgan fingerprint density at radius 3 is 2.32 bits per heavy atom. The minimum Gasteiger partial charge on any atom is -0.303 e. The van der Waals surface area contributed by atoms with E-state index in [0.29, 0.717) is 27.1 Å². The van der Waals surface area contributed by atoms with Gasteiger partial charge in [-0.2, -0.15) is 0 Å². The Morgan fingerprint density at radius 1 is 1.11 bits per heavy atom. The molecule has 98 valence electrons. The molecule has 2 rings (SSSR count). The largest absolute Gasteiger partial charge is 0.303 e. The normalized spacial score (nSPS) is 10.5. The van der Waals surface area contributed by atoms with Crippen molar-refractivity contribution >= 4 is 41.1 Å². The summed E-state index contributed by atoms with van der Waals surface area (Å²) < 4.78 is 0. The summed E-state index contributed by atoms with van der Waals surface area (Å²) >= 11 is 18.4. The van der Waals surface area contributed by atoms with Gasteiger partial charge in [0.1, 0.15) is 6.29 Å². The van der Waals surface area contributed by atoms with Crippen molar-refractivity contribution in [2.24, 2.45) is 0 Å². The Balaban J connectivity index is 2.66. The van der Waals surface area contributed by atoms with Crippen LogP contribution >= 0.6 is 34.8 Å². The van der Waals surface area contributed by atoms with Crippen molar-refractivity contribution in [3.63, 3.8) is 0 Å². The molecule has 0 saturated carbocycles. The first-order valence-corrected chi connectivity index (χ1v) is 6.70. The Kier molecular flexibility index (Phi) is 4.46. The number of rotatable bonds is 3. The molecule has 0 radical (unpaired) electrons. The Labute approximate surface area is 126 Å². The standard InChI is InChI=1S/C14H10Cl3NO/c1-8-9(2-3-19)4-10(5-11(8)15)14-12(16)6-18-7-13(14)17/h3-7H,2H2,1H3. The monoisotopic (exact) mass is 313 g/mol. The molecule has 0 amide bonds. The number of aldehydes is 1. The molecule has 1 aromatic carbocycles. The maximum atomic E-state index is 10.7. The molecule has 0 spiro atoms. The number of halogens is 3. The maximum Gasteiger partial charge on any atom is 0.124 e. The number of aromatic nitrogens is 1. The Bertz CT molecular complexity index is 621. The average molecular weight is 315 g/mol. The van der Waals surface area contributed by atoms with Crippen LogP contribution in [0.15, 0.2) is 24.5 Å². The number of carbonyl (C=O) groups excluding carboxylic acids is 1. The van der Waals surface area contributed by atoms with Gasteiger partial charge in [0.15, 0.2) is 0 Å². The van der Waals surface area contributed by atoms with Crippen LogP contribution in [-0.2, 0) is 11.2 Å². The van der Waals surface area contributed by atoms with Crippen molar-refractivity contribution < 1.29 is 4.79 Å². The zero-order valence-corrected chi connectivity index (χ0v) is 12.4. The van der Waals surface area contributed by atoms with Crippen LogP contribution in [0.3, 0.4) is 0 Å². The number of benzene rings is 1. The first-order valence-electron chi connectivity index (χ1n) is 5.56. The Morgan fingerprint density at radius 2 is 1.74 bits per heavy atom. The highest BCUT2D eigenvalue weighted by molar-refractivity contribution is 6.39. The van der Waals surface area contributed by atoms with Gasteiger partial charge in [-0.25, -0.2) is 0 Å². The number of nitrogens with zero attached hydrogens (tertiary/aromatic N) is 1. The molecule has 1 aromatic heterocycles. The van der Waals surface area contributed by atoms with Gasteiger partial charge >= 0.3 is 0 Å². The molecule has 2 aromatic rings. The molecular formula is C14H10Cl3NO. The SMILES string of the molecule is Cc1c(Cl)cc(-c2c(Cl)cncc2Cl)cc1CC=O. The second kappa shape index (κ2) is 5.91. The lowest BCUT2D eigenvalue weighted by Gasteiger charge is -2.11. The van der Waals surface area contributed by atoms with Gasteiger partial charge in [-0.15, -0.1) is 0 Å². The molecule has 0 aliphatic rings. The van der Waals surface area contributed by atoms with Crippen LogP contribution in [-0.4, -0.2) is 11.3 Å². The summed E-state index contributed by atoms with van der Waals surface area (Å²) in [5.41, 5.74) is 3.21. The fourth-order valence-electron chi connectivity index (χ4n) is 1.87. The molecule has 0 aliphatic carbocycles. The molecule has 0 bridgehead atoms. The van der Waals surface area contributed by atoms with E-state index in [0.717, 1.165) is 23.0 Å². The van der Waals surface area contributed by atoms with Crippen LogP contribution in [0.2, 0.25) is 15.1 Å². The van der Waals surface area contributed by atoms with E-state index < -0.39 is 0 Å². The quantitative estimate of drug-likeness (QED) is 0.765. The summed E-state index contributed by atoms with van der Waals surface area (Å²) in [6.45, 7) is 1.88. The summed E-state index contributed by atoms with van der Waals surface area (Å²) in [6.07, 6.45) is 4.20. The third-order valence-corrected chi connectivity index (χ3v) is 3.86. The van der Waals surface area contributed by atoms with E-state index in [-0.39, 0.29) is 0 Å². The number of carbonyl (C=O) groups is 1. The fraction of sp³-hybridized carbons (Fsp3) is 0.143. The van der Waals surface area contributed by atoms with Crippen LogP contribution in [0.4, 0.5) is 0 Å². The third-order valence-electron chi connectivity index (χ3n) is 2.90. The maximum absolute atomic E-state index is 10.7. The van der Waals surface area contributed by atoms with E-state index in [1.165, 1.54) is 12.4 Å². The minimum absolute atomic E-state index is 0.305. The van der Waals surface area contributed by atoms with E-state index in [2.05, 4.69) is 4.98 Å². The third kappa shape index (κ3) is 2.92. The zero-order chi connectivity index (χ0) is 14.0. The molecule has 1 heterocycles. The van der Waals surface area contributed by atoms with Crippen molar-refractivity contribution in [3.05, 3.63) is 50.7 Å². The minimum atomic E-state index is 0.305. The predicted octanol–water partition coefficient (Wildman–Crippen LogP) is 4.76. The first-order chi connectivity index (χ1) is 9.04. The molecule has 0 aliphatic heterocycles. The average Bonchev–Trinajstić information content (AvgIpc) is 2.35. The molecule has 2 nitrogen and oxygen atoms in total. The first kappa shape index (κ1) is 14.3. The smallest absolute Gasteiger partial charge is 0.124 e. The van der Waals surface area contributed by atoms with Crippen LogP contribution < -0.4 is 0 Å². The summed E-state index contributed by atoms with van der Waals surface area (Å²) in [5.74, 6) is 0. The van der Waals surface area contributed by atoms with Gasteiger partial charge in [0, 0.05) is 29.4 Å². The second-order valence-corrected chi connectivity index (χ2v) is 5.31. The topological polar surface area (TPSA) is 30.0 Å². The van der Waals surface area contributed by atoms with Crippen LogP contribution in [0, 0.1) is 6.92 Å². The van der Waals surface area contributed by atoms with Crippen molar-refractivity contribution in [3.8, 4) is 11.1 Å². The van der Waals surface area contributed by atoms with Crippen molar-refractivity contribution in [1.29, 1.82) is 0 Å². The summed E-state index contributed by atoms with van der Waals surface area (Å²) in [5, 5.41) is 1.48. The Hall–Kier alpha value is -1.09. The summed E-state index contributed by atoms with van der Waals surface area (Å²) in [6, 6.07) is 3.67. The van der Waals surface area contributed by atoms with Crippen molar-refractivity contribution in [2.45, 2.75) is 13.3 Å². The van der Waals surface area contributed by atoms with Gasteiger partial charge in [-0.1, -0.05) is 40.9 Å². The van der Waals surface area contributed by atoms with E-state index in [1.807, 2.05) is 13.0 Å². The van der Waals surface area contributed by atoms with E-state index in [1.54, 1.807) is 6.07 Å². The van der Waals surface area contributed by atoms with E-state index in [4.69, 9.17) is 34.8 Å². The highest BCUT2D eigenvalue weighted by Gasteiger charge is 2.12. The predicted molar refractivity (Wildman–Crippen MR) is 79.2 cm³/mol. The van der Waals surface area contributed by atoms with Gasteiger partial charge < -0.3 is 4.79 Å². The number of hydrogen-bond acceptors (Lipinski definition) is 2. The summed E-state index contributed by atoms with van der Waals surface area (Å²) in [4.78, 5) is 14.6. The lowest BCUT2D eigenvalue weighted by molar-refractivity contribution is -0.107. The van der Waals surface area contributed by atoms with Crippen molar-refractivity contribution in [2.75, 3.05) is 0 Å². The van der Waals surface area contributed by atoms with E-state index >= 15 is 0 Å². The van der Waals surface area contributed by atoms with Crippen LogP contribution in [0.1, 0.15) is 11.1 Å². The van der Waals surface area contributed by atoms with Gasteiger partial charge in [0.2, 0.25) is 0 Å². The van der Waals surface area contributed by atoms with Crippen molar-refractivity contribution in [1.82, 2.24) is 4.98 Å². The zero-order valence-electron chi connectivity index (χ0n) is 10.1. The molecular weight excluding hydrogens is 305 g/mol. The molecule has 5 heteroatoms. The highest BCUT2D eigenvalue weighted by Crippen LogP contribution is 2.36. The number of pyridine rings is 1. The molecule has 19 heavy (non-hydrogen) atoms. The van der Waals surface area contributed by atoms with Gasteiger partial charge in [0.05, 0.1) is 10.0 Å². The highest BCUT2D eigenvalue weighted by atomic mass is 35.5. The lowest BCUT2D eigenvalue weighted by atomic mass is 9.98. The molecule has 0 fully saturated rings. The van der Waals surface area contributed by atoms with Gasteiger partial charge in [-0.05, 0) is 29.7 Å². The molecule has 0 atom stereocenters. The molecule has 0 N–H and O–H groups in total. The van der Waals surface area contributed by atoms with Gasteiger partial charge in [-0.3, -0.25) is 4.98 Å². The number of hydrogen-bond donors (Lipinski definition) is 0. The van der Waals surface area contributed by atoms with Crippen LogP contribution in [0.5, 0.6) is 0 Å². The van der Waals surface area contributed by atoms with Crippen LogP contribution in [0.25, 0.3) is 11.1 Å². The van der Waals surface area contributed by atoms with E-state index in [9.17, 15) is 4.79 Å². The summed E-state index contributed by atoms with van der Waals surface area (Å²) in [7, 11) is 0. The molecule has 0 unspecified atom stereocenters. The second-order valence-electron chi connectivity index (χ2n) is 4.09. The lowest BCUT2D eigenvalue weighted by Crippen LogP contribution is -1.94.